The van der Waals surface area contributed by atoms with Crippen LogP contribution in [-0.2, 0) is 14.4 Å². The highest BCUT2D eigenvalue weighted by molar-refractivity contribution is 5.75. The van der Waals surface area contributed by atoms with Crippen LogP contribution in [-0.4, -0.2) is 73.3 Å². The molecule has 0 aromatic heterocycles. The Balaban J connectivity index is 0. The summed E-state index contributed by atoms with van der Waals surface area (Å²) < 4.78 is 0. The molecule has 130 valence electrons. The molecule has 0 aliphatic carbocycles. The number of aliphatic hydroxyl groups is 4. The molecule has 9 nitrogen and oxygen atoms in total. The predicted octanol–water partition coefficient (Wildman–Crippen LogP) is -1.25. The van der Waals surface area contributed by atoms with Crippen molar-refractivity contribution in [2.24, 2.45) is 0 Å². The van der Waals surface area contributed by atoms with Crippen LogP contribution in [0.2, 0.25) is 0 Å². The highest BCUT2D eigenvalue weighted by Crippen LogP contribution is 2.05. The smallest absolute Gasteiger partial charge is 0.335 e. The fraction of sp³-hybridized carbons (Fsp3) is 0.769. The lowest BCUT2D eigenvalue weighted by molar-refractivity contribution is -0.172. The number of hydrogen-bond acceptors (Lipinski definition) is 7. The van der Waals surface area contributed by atoms with Gasteiger partial charge in [0, 0.05) is 6.42 Å². The molecule has 0 rings (SSSR count). The monoisotopic (exact) mass is 324 g/mol. The normalized spacial score (nSPS) is 15.7. The zero-order valence-corrected chi connectivity index (χ0v) is 12.3. The Kier molecular flexibility index (Phi) is 13.6. The van der Waals surface area contributed by atoms with Crippen molar-refractivity contribution in [1.82, 2.24) is 0 Å². The SMILES string of the molecule is CCCCCCC=O.O=C(O)C(O)C(O)C(O)C(O)C(=O)O. The molecular formula is C13H24O9. The molecule has 0 radical (unpaired) electrons. The second-order valence-corrected chi connectivity index (χ2v) is 4.56. The van der Waals surface area contributed by atoms with E-state index in [1.807, 2.05) is 0 Å². The van der Waals surface area contributed by atoms with Crippen molar-refractivity contribution in [1.29, 1.82) is 0 Å². The Morgan fingerprint density at radius 2 is 1.27 bits per heavy atom. The van der Waals surface area contributed by atoms with Gasteiger partial charge in [-0.3, -0.25) is 0 Å². The summed E-state index contributed by atoms with van der Waals surface area (Å²) in [5.74, 6) is -3.68. The van der Waals surface area contributed by atoms with Gasteiger partial charge in [0.25, 0.3) is 0 Å². The number of carboxylic acids is 2. The zero-order chi connectivity index (χ0) is 17.7. The average molecular weight is 324 g/mol. The number of aldehydes is 1. The fourth-order valence-electron chi connectivity index (χ4n) is 1.32. The summed E-state index contributed by atoms with van der Waals surface area (Å²) >= 11 is 0. The van der Waals surface area contributed by atoms with E-state index in [2.05, 4.69) is 6.92 Å². The average Bonchev–Trinajstić information content (AvgIpc) is 2.49. The molecular weight excluding hydrogens is 300 g/mol. The maximum Gasteiger partial charge on any atom is 0.335 e. The Hall–Kier alpha value is -1.55. The lowest BCUT2D eigenvalue weighted by atomic mass is 10.0. The molecule has 0 aromatic rings. The van der Waals surface area contributed by atoms with E-state index in [-0.39, 0.29) is 0 Å². The summed E-state index contributed by atoms with van der Waals surface area (Å²) in [5, 5.41) is 51.5. The molecule has 0 fully saturated rings. The number of carboxylic acid groups (broad SMARTS) is 2. The second kappa shape index (κ2) is 13.1. The van der Waals surface area contributed by atoms with E-state index in [9.17, 15) is 14.4 Å². The maximum atomic E-state index is 10.1. The van der Waals surface area contributed by atoms with Crippen LogP contribution in [0.5, 0.6) is 0 Å². The summed E-state index contributed by atoms with van der Waals surface area (Å²) in [6.07, 6.45) is -2.72. The molecule has 22 heavy (non-hydrogen) atoms. The van der Waals surface area contributed by atoms with Gasteiger partial charge in [-0.25, -0.2) is 9.59 Å². The Bertz CT molecular complexity index is 307. The van der Waals surface area contributed by atoms with Crippen molar-refractivity contribution in [2.45, 2.75) is 63.4 Å². The molecule has 0 saturated carbocycles. The number of aliphatic carboxylic acids is 2. The van der Waals surface area contributed by atoms with Gasteiger partial charge in [-0.1, -0.05) is 26.2 Å². The standard InChI is InChI=1S/C7H14O.C6H10O8/c1-2-3-4-5-6-7-8;7-1(3(9)5(11)12)2(8)4(10)6(13)14/h7H,2-6H2,1H3;1-4,7-10H,(H,11,12)(H,13,14). The number of rotatable bonds is 10. The molecule has 0 aromatic carbocycles. The second-order valence-electron chi connectivity index (χ2n) is 4.56. The van der Waals surface area contributed by atoms with Crippen LogP contribution >= 0.6 is 0 Å². The third-order valence-electron chi connectivity index (χ3n) is 2.68. The molecule has 4 unspecified atom stereocenters. The fourth-order valence-corrected chi connectivity index (χ4v) is 1.32. The molecule has 0 spiro atoms. The third-order valence-corrected chi connectivity index (χ3v) is 2.68. The predicted molar refractivity (Wildman–Crippen MR) is 74.1 cm³/mol. The van der Waals surface area contributed by atoms with Gasteiger partial charge in [-0.05, 0) is 6.42 Å². The van der Waals surface area contributed by atoms with Crippen LogP contribution in [0.1, 0.15) is 39.0 Å². The molecule has 0 aliphatic heterocycles. The van der Waals surface area contributed by atoms with Crippen LogP contribution < -0.4 is 0 Å². The molecule has 0 saturated heterocycles. The quantitative estimate of drug-likeness (QED) is 0.212. The van der Waals surface area contributed by atoms with E-state index in [1.54, 1.807) is 0 Å². The molecule has 4 atom stereocenters. The summed E-state index contributed by atoms with van der Waals surface area (Å²) in [7, 11) is 0. The maximum absolute atomic E-state index is 10.1. The van der Waals surface area contributed by atoms with Gasteiger partial charge in [0.2, 0.25) is 0 Å². The van der Waals surface area contributed by atoms with Crippen molar-refractivity contribution in [3.05, 3.63) is 0 Å². The van der Waals surface area contributed by atoms with Crippen LogP contribution in [0.15, 0.2) is 0 Å². The van der Waals surface area contributed by atoms with E-state index in [1.165, 1.54) is 19.3 Å². The third kappa shape index (κ3) is 10.2. The molecule has 0 heterocycles. The summed E-state index contributed by atoms with van der Waals surface area (Å²) in [4.78, 5) is 29.9. The highest BCUT2D eigenvalue weighted by atomic mass is 16.4. The van der Waals surface area contributed by atoms with Crippen molar-refractivity contribution >= 4 is 18.2 Å². The van der Waals surface area contributed by atoms with Gasteiger partial charge in [0.1, 0.15) is 18.5 Å². The minimum absolute atomic E-state index is 0.750. The van der Waals surface area contributed by atoms with Crippen molar-refractivity contribution in [2.75, 3.05) is 0 Å². The van der Waals surface area contributed by atoms with Crippen molar-refractivity contribution in [3.63, 3.8) is 0 Å². The summed E-state index contributed by atoms with van der Waals surface area (Å²) in [6, 6.07) is 0. The van der Waals surface area contributed by atoms with Gasteiger partial charge in [-0.2, -0.15) is 0 Å². The number of unbranched alkanes of at least 4 members (excludes halogenated alkanes) is 4. The Morgan fingerprint density at radius 1 is 0.864 bits per heavy atom. The van der Waals surface area contributed by atoms with E-state index in [0.29, 0.717) is 0 Å². The Morgan fingerprint density at radius 3 is 1.55 bits per heavy atom. The Labute approximate surface area is 127 Å². The van der Waals surface area contributed by atoms with Crippen LogP contribution in [0.4, 0.5) is 0 Å². The number of carbonyl (C=O) groups is 3. The first-order valence-electron chi connectivity index (χ1n) is 6.82. The minimum Gasteiger partial charge on any atom is -0.479 e. The van der Waals surface area contributed by atoms with E-state index >= 15 is 0 Å². The van der Waals surface area contributed by atoms with Crippen LogP contribution in [0, 0.1) is 0 Å². The van der Waals surface area contributed by atoms with E-state index in [0.717, 1.165) is 19.1 Å². The van der Waals surface area contributed by atoms with Crippen molar-refractivity contribution in [3.8, 4) is 0 Å². The number of hydrogen-bond donors (Lipinski definition) is 6. The first kappa shape index (κ1) is 22.7. The van der Waals surface area contributed by atoms with Crippen molar-refractivity contribution < 1.29 is 45.0 Å². The lowest BCUT2D eigenvalue weighted by Gasteiger charge is -2.21. The van der Waals surface area contributed by atoms with Gasteiger partial charge < -0.3 is 35.4 Å². The first-order chi connectivity index (χ1) is 10.2. The van der Waals surface area contributed by atoms with Gasteiger partial charge in [0.15, 0.2) is 12.2 Å². The van der Waals surface area contributed by atoms with E-state index in [4.69, 9.17) is 30.6 Å². The summed E-state index contributed by atoms with van der Waals surface area (Å²) in [6.45, 7) is 2.17. The van der Waals surface area contributed by atoms with Crippen LogP contribution in [0.3, 0.4) is 0 Å². The van der Waals surface area contributed by atoms with Crippen LogP contribution in [0.25, 0.3) is 0 Å². The van der Waals surface area contributed by atoms with Gasteiger partial charge >= 0.3 is 11.9 Å². The minimum atomic E-state index is -2.36. The number of aliphatic hydroxyl groups excluding tert-OH is 4. The summed E-state index contributed by atoms with van der Waals surface area (Å²) in [5.41, 5.74) is 0. The number of carbonyl (C=O) groups excluding carboxylic acids is 1. The molecule has 0 aliphatic rings. The zero-order valence-electron chi connectivity index (χ0n) is 12.3. The lowest BCUT2D eigenvalue weighted by Crippen LogP contribution is -2.49. The van der Waals surface area contributed by atoms with Gasteiger partial charge in [0.05, 0.1) is 0 Å². The highest BCUT2D eigenvalue weighted by Gasteiger charge is 2.37. The molecule has 6 N–H and O–H groups in total. The molecule has 0 amide bonds. The largest absolute Gasteiger partial charge is 0.479 e. The van der Waals surface area contributed by atoms with Gasteiger partial charge in [-0.15, -0.1) is 0 Å². The molecule has 9 heteroatoms. The van der Waals surface area contributed by atoms with E-state index < -0.39 is 36.4 Å². The first-order valence-corrected chi connectivity index (χ1v) is 6.82. The molecule has 0 bridgehead atoms. The topological polar surface area (TPSA) is 173 Å².